The van der Waals surface area contributed by atoms with Gasteiger partial charge in [0.25, 0.3) is 0 Å². The van der Waals surface area contributed by atoms with Crippen LogP contribution in [0, 0.1) is 17.7 Å². The van der Waals surface area contributed by atoms with Crippen molar-refractivity contribution in [3.8, 4) is 0 Å². The zero-order chi connectivity index (χ0) is 28.1. The van der Waals surface area contributed by atoms with E-state index in [1.807, 2.05) is 17.0 Å². The Hall–Kier alpha value is -2.88. The lowest BCUT2D eigenvalue weighted by Gasteiger charge is -2.50. The van der Waals surface area contributed by atoms with Gasteiger partial charge in [-0.05, 0) is 50.3 Å². The van der Waals surface area contributed by atoms with Gasteiger partial charge >= 0.3 is 0 Å². The number of nitrogens with one attached hydrogen (secondary N) is 2. The van der Waals surface area contributed by atoms with Crippen LogP contribution in [0.15, 0.2) is 29.4 Å². The Morgan fingerprint density at radius 1 is 1.12 bits per heavy atom. The summed E-state index contributed by atoms with van der Waals surface area (Å²) in [6.45, 7) is 10.1. The van der Waals surface area contributed by atoms with Gasteiger partial charge in [-0.1, -0.05) is 38.8 Å². The van der Waals surface area contributed by atoms with E-state index in [2.05, 4.69) is 44.4 Å². The minimum atomic E-state index is -0.220. The number of halogens is 1. The van der Waals surface area contributed by atoms with Gasteiger partial charge in [0.05, 0.1) is 11.6 Å². The Balaban J connectivity index is 1.04. The van der Waals surface area contributed by atoms with Crippen LogP contribution in [0.4, 0.5) is 10.1 Å². The molecule has 40 heavy (non-hydrogen) atoms. The highest BCUT2D eigenvalue weighted by Crippen LogP contribution is 2.38. The number of fused-ring (bicyclic) bond motifs is 3. The van der Waals surface area contributed by atoms with Gasteiger partial charge in [-0.3, -0.25) is 19.9 Å². The Bertz CT molecular complexity index is 1060. The molecule has 1 aromatic rings. The van der Waals surface area contributed by atoms with E-state index in [0.29, 0.717) is 31.0 Å². The second-order valence-corrected chi connectivity index (χ2v) is 12.1. The van der Waals surface area contributed by atoms with E-state index >= 15 is 0 Å². The summed E-state index contributed by atoms with van der Waals surface area (Å²) in [5.74, 6) is 1.61. The number of anilines is 1. The standard InChI is InChI=1S/C30H46FN7O2/c1-22(2)14-17-37-29(40)23-8-3-5-10-25(23)38-27(33-34-30(37)38)12-13-28(39)32-15-7-16-35-18-20-36(21-19-35)26-11-6-4-9-24(26)31/h4,6,9,11,22-23,25,30,34H,3,5,7-8,10,12-21H2,1-2H3,(H,32,39). The number of para-hydroxylation sites is 1. The van der Waals surface area contributed by atoms with Crippen molar-refractivity contribution in [1.82, 2.24) is 25.4 Å². The molecule has 220 valence electrons. The van der Waals surface area contributed by atoms with E-state index in [1.54, 1.807) is 6.07 Å². The molecule has 0 aromatic heterocycles. The van der Waals surface area contributed by atoms with Gasteiger partial charge in [-0.2, -0.15) is 5.10 Å². The van der Waals surface area contributed by atoms with Crippen molar-refractivity contribution in [1.29, 1.82) is 0 Å². The summed E-state index contributed by atoms with van der Waals surface area (Å²) >= 11 is 0. The van der Waals surface area contributed by atoms with Crippen LogP contribution < -0.4 is 15.6 Å². The van der Waals surface area contributed by atoms with Crippen LogP contribution in [0.5, 0.6) is 0 Å². The Morgan fingerprint density at radius 3 is 2.67 bits per heavy atom. The molecule has 3 unspecified atom stereocenters. The van der Waals surface area contributed by atoms with Gasteiger partial charge in [0.15, 0.2) is 6.29 Å². The zero-order valence-corrected chi connectivity index (χ0v) is 24.2. The van der Waals surface area contributed by atoms with Gasteiger partial charge in [0, 0.05) is 58.2 Å². The maximum Gasteiger partial charge on any atom is 0.230 e. The molecule has 2 N–H and O–H groups in total. The van der Waals surface area contributed by atoms with Crippen molar-refractivity contribution in [2.45, 2.75) is 77.5 Å². The van der Waals surface area contributed by atoms with Crippen LogP contribution in [-0.2, 0) is 9.59 Å². The minimum Gasteiger partial charge on any atom is -0.367 e. The minimum absolute atomic E-state index is 0.0321. The lowest BCUT2D eigenvalue weighted by atomic mass is 9.80. The number of hydrogen-bond acceptors (Lipinski definition) is 7. The van der Waals surface area contributed by atoms with E-state index < -0.39 is 0 Å². The largest absolute Gasteiger partial charge is 0.367 e. The molecule has 2 saturated heterocycles. The van der Waals surface area contributed by atoms with Crippen molar-refractivity contribution in [2.75, 3.05) is 50.7 Å². The van der Waals surface area contributed by atoms with Crippen molar-refractivity contribution < 1.29 is 14.0 Å². The molecule has 3 aliphatic heterocycles. The molecule has 2 amide bonds. The SMILES string of the molecule is CC(C)CCN1C(=O)C2CCCCC2N2C(CCC(=O)NCCCN3CCN(c4ccccc4F)CC3)=NNC12. The fourth-order valence-corrected chi connectivity index (χ4v) is 6.63. The first-order chi connectivity index (χ1) is 19.4. The van der Waals surface area contributed by atoms with Crippen molar-refractivity contribution >= 4 is 23.3 Å². The maximum atomic E-state index is 14.1. The average Bonchev–Trinajstić information content (AvgIpc) is 3.39. The second kappa shape index (κ2) is 13.2. The van der Waals surface area contributed by atoms with Gasteiger partial charge in [-0.15, -0.1) is 0 Å². The van der Waals surface area contributed by atoms with E-state index in [0.717, 1.165) is 83.6 Å². The number of hydrazone groups is 1. The number of rotatable bonds is 11. The second-order valence-electron chi connectivity index (χ2n) is 12.1. The number of amidine groups is 1. The van der Waals surface area contributed by atoms with E-state index in [1.165, 1.54) is 6.07 Å². The topological polar surface area (TPSA) is 83.5 Å². The fraction of sp³-hybridized carbons (Fsp3) is 0.700. The lowest BCUT2D eigenvalue weighted by molar-refractivity contribution is -0.155. The van der Waals surface area contributed by atoms with Crippen LogP contribution in [0.2, 0.25) is 0 Å². The smallest absolute Gasteiger partial charge is 0.230 e. The fourth-order valence-electron chi connectivity index (χ4n) is 6.63. The van der Waals surface area contributed by atoms with Crippen LogP contribution >= 0.6 is 0 Å². The number of benzene rings is 1. The molecule has 1 saturated carbocycles. The Labute approximate surface area is 238 Å². The van der Waals surface area contributed by atoms with Crippen molar-refractivity contribution in [3.05, 3.63) is 30.1 Å². The maximum absolute atomic E-state index is 14.1. The van der Waals surface area contributed by atoms with Gasteiger partial charge in [0.2, 0.25) is 11.8 Å². The number of nitrogens with zero attached hydrogens (tertiary/aromatic N) is 5. The molecular formula is C30H46FN7O2. The summed E-state index contributed by atoms with van der Waals surface area (Å²) in [6.07, 6.45) is 6.78. The van der Waals surface area contributed by atoms with Crippen LogP contribution in [0.25, 0.3) is 0 Å². The highest BCUT2D eigenvalue weighted by atomic mass is 19.1. The summed E-state index contributed by atoms with van der Waals surface area (Å²) in [6, 6.07) is 7.14. The summed E-state index contributed by atoms with van der Waals surface area (Å²) in [5.41, 5.74) is 3.91. The summed E-state index contributed by atoms with van der Waals surface area (Å²) in [7, 11) is 0. The van der Waals surface area contributed by atoms with E-state index in [9.17, 15) is 14.0 Å². The molecule has 10 heteroatoms. The first-order valence-corrected chi connectivity index (χ1v) is 15.3. The molecule has 5 rings (SSSR count). The molecule has 1 aliphatic carbocycles. The highest BCUT2D eigenvalue weighted by molar-refractivity contribution is 5.91. The molecule has 9 nitrogen and oxygen atoms in total. The van der Waals surface area contributed by atoms with Gasteiger partial charge in [-0.25, -0.2) is 4.39 Å². The van der Waals surface area contributed by atoms with Gasteiger partial charge < -0.3 is 20.0 Å². The monoisotopic (exact) mass is 555 g/mol. The first-order valence-electron chi connectivity index (χ1n) is 15.3. The zero-order valence-electron chi connectivity index (χ0n) is 24.2. The summed E-state index contributed by atoms with van der Waals surface area (Å²) < 4.78 is 14.1. The molecule has 0 radical (unpaired) electrons. The van der Waals surface area contributed by atoms with E-state index in [4.69, 9.17) is 0 Å². The highest BCUT2D eigenvalue weighted by Gasteiger charge is 2.50. The third-order valence-corrected chi connectivity index (χ3v) is 8.91. The van der Waals surface area contributed by atoms with Crippen molar-refractivity contribution in [3.63, 3.8) is 0 Å². The third-order valence-electron chi connectivity index (χ3n) is 8.91. The predicted octanol–water partition coefficient (Wildman–Crippen LogP) is 3.18. The molecule has 3 fully saturated rings. The summed E-state index contributed by atoms with van der Waals surface area (Å²) in [4.78, 5) is 34.9. The van der Waals surface area contributed by atoms with Crippen LogP contribution in [-0.4, -0.2) is 90.5 Å². The molecule has 4 aliphatic rings. The first kappa shape index (κ1) is 28.6. The summed E-state index contributed by atoms with van der Waals surface area (Å²) in [5, 5.41) is 7.71. The van der Waals surface area contributed by atoms with Crippen molar-refractivity contribution in [2.24, 2.45) is 16.9 Å². The Kier molecular flexibility index (Phi) is 9.44. The quantitative estimate of drug-likeness (QED) is 0.408. The molecular weight excluding hydrogens is 509 g/mol. The normalized spacial score (nSPS) is 25.0. The molecule has 0 bridgehead atoms. The molecule has 0 spiro atoms. The number of hydrogen-bond donors (Lipinski definition) is 2. The predicted molar refractivity (Wildman–Crippen MR) is 155 cm³/mol. The molecule has 3 atom stereocenters. The molecule has 3 heterocycles. The van der Waals surface area contributed by atoms with E-state index in [-0.39, 0.29) is 35.9 Å². The van der Waals surface area contributed by atoms with Gasteiger partial charge in [0.1, 0.15) is 11.7 Å². The third kappa shape index (κ3) is 6.53. The number of piperazine rings is 1. The number of carbonyl (C=O) groups excluding carboxylic acids is 2. The van der Waals surface area contributed by atoms with Crippen LogP contribution in [0.3, 0.4) is 0 Å². The van der Waals surface area contributed by atoms with Crippen LogP contribution in [0.1, 0.15) is 65.2 Å². The lowest BCUT2D eigenvalue weighted by Crippen LogP contribution is -2.67. The average molecular weight is 556 g/mol. The number of amides is 2. The molecule has 1 aromatic carbocycles. The Morgan fingerprint density at radius 2 is 1.90 bits per heavy atom. The number of carbonyl (C=O) groups is 2.